The summed E-state index contributed by atoms with van der Waals surface area (Å²) in [4.78, 5) is 49.9. The number of nitrogens with two attached hydrogens (primary N) is 1. The molecule has 41 heavy (non-hydrogen) atoms. The first-order valence-corrected chi connectivity index (χ1v) is 12.6. The zero-order chi connectivity index (χ0) is 29.7. The lowest BCUT2D eigenvalue weighted by Crippen LogP contribution is -2.65. The van der Waals surface area contributed by atoms with Gasteiger partial charge in [0.25, 0.3) is 5.91 Å². The Morgan fingerprint density at radius 2 is 1.80 bits per heavy atom. The van der Waals surface area contributed by atoms with Gasteiger partial charge in [0.05, 0.1) is 36.7 Å². The number of hydrogen-bond acceptors (Lipinski definition) is 12. The van der Waals surface area contributed by atoms with E-state index in [0.717, 1.165) is 0 Å². The summed E-state index contributed by atoms with van der Waals surface area (Å²) < 4.78 is 10.7. The highest BCUT2D eigenvalue weighted by atomic mass is 16.5. The number of aromatic hydroxyl groups is 1. The van der Waals surface area contributed by atoms with Gasteiger partial charge in [-0.3, -0.25) is 19.3 Å². The van der Waals surface area contributed by atoms with Gasteiger partial charge in [-0.2, -0.15) is 9.97 Å². The van der Waals surface area contributed by atoms with Crippen molar-refractivity contribution in [3.63, 3.8) is 0 Å². The van der Waals surface area contributed by atoms with Crippen molar-refractivity contribution in [3.05, 3.63) is 46.2 Å². The Bertz CT molecular complexity index is 1810. The molecule has 0 radical (unpaired) electrons. The lowest BCUT2D eigenvalue weighted by atomic mass is 9.57. The number of aliphatic hydroxyl groups excluding tert-OH is 2. The number of ether oxygens (including phenoxy) is 2. The predicted octanol–water partition coefficient (Wildman–Crippen LogP) is 1.00. The van der Waals surface area contributed by atoms with Crippen LogP contribution >= 0.6 is 0 Å². The standard InChI is InChI=1S/C28H26N4O9/c1-32(2)20-12-7-10-11-8-13-16(26(40-3)31-27(30-13)41-4)9-5-6-14(33)18(15(9)11)21(34)17(10)23(36)28(12,39)24(37)19(22(20)35)25(29)38/h5-6,8,10,12,20,33-34,37,39H,7H2,1-4H3,(H2,29,38)/t10-,12+,20+,28+/m1/s1. The minimum absolute atomic E-state index is 0.0167. The fourth-order valence-electron chi connectivity index (χ4n) is 6.74. The van der Waals surface area contributed by atoms with Gasteiger partial charge < -0.3 is 35.6 Å². The lowest BCUT2D eigenvalue weighted by molar-refractivity contribution is -0.152. The predicted molar refractivity (Wildman–Crippen MR) is 143 cm³/mol. The second-order valence-corrected chi connectivity index (χ2v) is 10.6. The second-order valence-electron chi connectivity index (χ2n) is 10.6. The summed E-state index contributed by atoms with van der Waals surface area (Å²) in [5.41, 5.74) is 2.23. The zero-order valence-corrected chi connectivity index (χ0v) is 22.4. The van der Waals surface area contributed by atoms with Crippen LogP contribution < -0.4 is 15.2 Å². The molecule has 0 spiro atoms. The van der Waals surface area contributed by atoms with Crippen LogP contribution in [0.3, 0.4) is 0 Å². The average molecular weight is 563 g/mol. The summed E-state index contributed by atoms with van der Waals surface area (Å²) in [6.07, 6.45) is -0.110. The number of ketones is 2. The first-order chi connectivity index (χ1) is 19.4. The molecule has 3 aliphatic rings. The molecule has 0 saturated heterocycles. The van der Waals surface area contributed by atoms with Gasteiger partial charge in [0.2, 0.25) is 11.7 Å². The summed E-state index contributed by atoms with van der Waals surface area (Å²) in [6, 6.07) is 3.40. The third-order valence-electron chi connectivity index (χ3n) is 8.42. The van der Waals surface area contributed by atoms with Gasteiger partial charge >= 0.3 is 6.01 Å². The van der Waals surface area contributed by atoms with E-state index in [1.807, 2.05) is 0 Å². The van der Waals surface area contributed by atoms with E-state index in [4.69, 9.17) is 15.2 Å². The maximum absolute atomic E-state index is 14.2. The van der Waals surface area contributed by atoms with Crippen molar-refractivity contribution in [2.24, 2.45) is 11.7 Å². The quantitative estimate of drug-likeness (QED) is 0.223. The van der Waals surface area contributed by atoms with Crippen LogP contribution in [0.15, 0.2) is 35.1 Å². The number of likely N-dealkylation sites (N-methyl/N-ethyl adjacent to an activating group) is 1. The fraction of sp³-hybridized carbons (Fsp3) is 0.321. The molecule has 3 aromatic rings. The highest BCUT2D eigenvalue weighted by molar-refractivity contribution is 6.25. The van der Waals surface area contributed by atoms with E-state index in [2.05, 4.69) is 9.97 Å². The number of phenols is 1. The highest BCUT2D eigenvalue weighted by Crippen LogP contribution is 2.57. The summed E-state index contributed by atoms with van der Waals surface area (Å²) in [7, 11) is 5.89. The van der Waals surface area contributed by atoms with Crippen molar-refractivity contribution in [2.45, 2.75) is 24.0 Å². The topological polar surface area (TPSA) is 206 Å². The van der Waals surface area contributed by atoms with Gasteiger partial charge in [-0.1, -0.05) is 0 Å². The number of carbonyl (C=O) groups excluding carboxylic acids is 3. The summed E-state index contributed by atoms with van der Waals surface area (Å²) in [5.74, 6) is -7.33. The van der Waals surface area contributed by atoms with E-state index in [1.165, 1.54) is 39.3 Å². The molecule has 0 aliphatic heterocycles. The van der Waals surface area contributed by atoms with Crippen LogP contribution in [0.25, 0.3) is 27.4 Å². The number of nitrogens with zero attached hydrogens (tertiary/aromatic N) is 3. The van der Waals surface area contributed by atoms with Crippen LogP contribution in [0.5, 0.6) is 17.6 Å². The molecule has 1 heterocycles. The van der Waals surface area contributed by atoms with E-state index < -0.39 is 58.0 Å². The van der Waals surface area contributed by atoms with Crippen LogP contribution in [-0.4, -0.2) is 92.7 Å². The minimum Gasteiger partial charge on any atom is -0.508 e. The van der Waals surface area contributed by atoms with Gasteiger partial charge in [0, 0.05) is 22.8 Å². The number of aliphatic hydroxyl groups is 3. The molecule has 0 bridgehead atoms. The molecular weight excluding hydrogens is 536 g/mol. The molecule has 13 heteroatoms. The second kappa shape index (κ2) is 8.62. The highest BCUT2D eigenvalue weighted by Gasteiger charge is 2.64. The first kappa shape index (κ1) is 26.5. The average Bonchev–Trinajstić information content (AvgIpc) is 2.92. The molecule has 3 aliphatic carbocycles. The SMILES string of the molecule is COc1nc(OC)c2c(cc3c4c(c(O)ccc42)C(O)=C2C(=O)[C@]4(O)C(O)=C(C(N)=O)C(=O)[C@@H](N(C)C)[C@@H]4C[C@@H]23)n1. The van der Waals surface area contributed by atoms with E-state index in [1.54, 1.807) is 12.1 Å². The van der Waals surface area contributed by atoms with Gasteiger partial charge in [0.1, 0.15) is 22.8 Å². The van der Waals surface area contributed by atoms with Crippen molar-refractivity contribution in [1.82, 2.24) is 14.9 Å². The van der Waals surface area contributed by atoms with Crippen molar-refractivity contribution >= 4 is 44.9 Å². The monoisotopic (exact) mass is 562 g/mol. The Balaban J connectivity index is 1.72. The van der Waals surface area contributed by atoms with Gasteiger partial charge in [-0.05, 0) is 49.7 Å². The van der Waals surface area contributed by atoms with E-state index in [-0.39, 0.29) is 35.2 Å². The summed E-state index contributed by atoms with van der Waals surface area (Å²) >= 11 is 0. The van der Waals surface area contributed by atoms with Crippen LogP contribution in [0, 0.1) is 5.92 Å². The number of carbonyl (C=O) groups is 3. The Hall–Kier alpha value is -4.75. The number of hydrogen-bond donors (Lipinski definition) is 5. The molecule has 2 aromatic carbocycles. The van der Waals surface area contributed by atoms with Crippen molar-refractivity contribution in [3.8, 4) is 17.6 Å². The number of Topliss-reactive ketones (excluding diaryl/α,β-unsaturated/α-hetero) is 2. The van der Waals surface area contributed by atoms with Crippen molar-refractivity contribution in [1.29, 1.82) is 0 Å². The molecule has 0 unspecified atom stereocenters. The maximum atomic E-state index is 14.2. The van der Waals surface area contributed by atoms with Gasteiger partial charge in [-0.15, -0.1) is 0 Å². The maximum Gasteiger partial charge on any atom is 0.320 e. The lowest BCUT2D eigenvalue weighted by Gasteiger charge is -2.50. The van der Waals surface area contributed by atoms with Crippen LogP contribution in [-0.2, 0) is 14.4 Å². The molecule has 1 amide bonds. The summed E-state index contributed by atoms with van der Waals surface area (Å²) in [6.45, 7) is 0. The van der Waals surface area contributed by atoms with Crippen LogP contribution in [0.2, 0.25) is 0 Å². The zero-order valence-electron chi connectivity index (χ0n) is 22.4. The summed E-state index contributed by atoms with van der Waals surface area (Å²) in [5, 5.41) is 46.7. The van der Waals surface area contributed by atoms with E-state index in [0.29, 0.717) is 27.2 Å². The van der Waals surface area contributed by atoms with Crippen molar-refractivity contribution < 1.29 is 44.3 Å². The smallest absolute Gasteiger partial charge is 0.320 e. The largest absolute Gasteiger partial charge is 0.508 e. The third-order valence-corrected chi connectivity index (χ3v) is 8.42. The number of rotatable bonds is 4. The van der Waals surface area contributed by atoms with Crippen LogP contribution in [0.1, 0.15) is 23.5 Å². The Morgan fingerprint density at radius 3 is 2.41 bits per heavy atom. The Kier molecular flexibility index (Phi) is 5.57. The first-order valence-electron chi connectivity index (χ1n) is 12.6. The van der Waals surface area contributed by atoms with Crippen LogP contribution in [0.4, 0.5) is 0 Å². The number of aromatic nitrogens is 2. The Morgan fingerprint density at radius 1 is 1.10 bits per heavy atom. The fourth-order valence-corrected chi connectivity index (χ4v) is 6.74. The number of primary amides is 1. The van der Waals surface area contributed by atoms with Gasteiger partial charge in [0.15, 0.2) is 11.4 Å². The molecule has 4 atom stereocenters. The minimum atomic E-state index is -2.75. The molecule has 6 rings (SSSR count). The van der Waals surface area contributed by atoms with E-state index >= 15 is 0 Å². The number of benzene rings is 2. The normalized spacial score (nSPS) is 25.6. The Labute approximate surface area is 232 Å². The molecule has 212 valence electrons. The number of phenolic OH excluding ortho intramolecular Hbond substituents is 1. The van der Waals surface area contributed by atoms with Gasteiger partial charge in [-0.25, -0.2) is 0 Å². The molecule has 1 saturated carbocycles. The number of methoxy groups -OCH3 is 2. The molecular formula is C28H26N4O9. The molecule has 13 nitrogen and oxygen atoms in total. The molecule has 1 fully saturated rings. The third kappa shape index (κ3) is 3.21. The molecule has 1 aromatic heterocycles. The molecule has 6 N–H and O–H groups in total. The van der Waals surface area contributed by atoms with E-state index in [9.17, 15) is 34.8 Å². The number of amides is 1. The number of fused-ring (bicyclic) bond motifs is 5. The van der Waals surface area contributed by atoms with Crippen molar-refractivity contribution in [2.75, 3.05) is 28.3 Å².